The van der Waals surface area contributed by atoms with Crippen molar-refractivity contribution in [2.75, 3.05) is 21.3 Å². The number of benzene rings is 2. The summed E-state index contributed by atoms with van der Waals surface area (Å²) < 4.78 is 39.6. The molecular weight excluding hydrogens is 395 g/mol. The maximum Gasteiger partial charge on any atom is 0.331 e. The Kier molecular flexibility index (Phi) is 6.63. The molecule has 0 atom stereocenters. The molecule has 0 fully saturated rings. The van der Waals surface area contributed by atoms with E-state index in [9.17, 15) is 9.18 Å². The van der Waals surface area contributed by atoms with E-state index in [1.54, 1.807) is 24.3 Å². The second-order valence-corrected chi connectivity index (χ2v) is 5.91. The number of methoxy groups -OCH3 is 3. The molecule has 156 valence electrons. The number of carbonyl (C=O) groups is 1. The van der Waals surface area contributed by atoms with E-state index < -0.39 is 11.8 Å². The largest absolute Gasteiger partial charge is 0.493 e. The van der Waals surface area contributed by atoms with Gasteiger partial charge in [-0.1, -0.05) is 12.1 Å². The average Bonchev–Trinajstić information content (AvgIpc) is 3.24. The minimum Gasteiger partial charge on any atom is -0.493 e. The van der Waals surface area contributed by atoms with Crippen LogP contribution in [0.5, 0.6) is 17.2 Å². The molecule has 1 aromatic heterocycles. The van der Waals surface area contributed by atoms with Gasteiger partial charge in [0.15, 0.2) is 18.1 Å². The molecule has 30 heavy (non-hydrogen) atoms. The molecule has 0 amide bonds. The van der Waals surface area contributed by atoms with Crippen LogP contribution in [0.4, 0.5) is 4.39 Å². The minimum atomic E-state index is -0.633. The van der Waals surface area contributed by atoms with Gasteiger partial charge in [-0.25, -0.2) is 9.18 Å². The molecule has 0 spiro atoms. The van der Waals surface area contributed by atoms with E-state index in [1.165, 1.54) is 45.6 Å². The van der Waals surface area contributed by atoms with Crippen molar-refractivity contribution >= 4 is 12.0 Å². The first-order valence-corrected chi connectivity index (χ1v) is 8.77. The molecular formula is C21H19FN2O6. The van der Waals surface area contributed by atoms with E-state index in [-0.39, 0.29) is 18.4 Å². The van der Waals surface area contributed by atoms with E-state index in [1.807, 2.05) is 0 Å². The van der Waals surface area contributed by atoms with Gasteiger partial charge in [-0.2, -0.15) is 0 Å². The van der Waals surface area contributed by atoms with E-state index in [2.05, 4.69) is 10.2 Å². The van der Waals surface area contributed by atoms with Gasteiger partial charge in [0.05, 0.1) is 21.3 Å². The number of ether oxygens (including phenoxy) is 4. The summed E-state index contributed by atoms with van der Waals surface area (Å²) >= 11 is 0. The van der Waals surface area contributed by atoms with Crippen LogP contribution in [0.2, 0.25) is 0 Å². The predicted octanol–water partition coefficient (Wildman–Crippen LogP) is 3.66. The highest BCUT2D eigenvalue weighted by atomic mass is 19.1. The summed E-state index contributed by atoms with van der Waals surface area (Å²) in [6.45, 7) is -0.219. The van der Waals surface area contributed by atoms with Gasteiger partial charge in [-0.3, -0.25) is 0 Å². The molecule has 3 aromatic rings. The van der Waals surface area contributed by atoms with Gasteiger partial charge in [-0.05, 0) is 35.9 Å². The first-order chi connectivity index (χ1) is 14.5. The Morgan fingerprint density at radius 2 is 1.80 bits per heavy atom. The number of aromatic nitrogens is 2. The molecule has 3 rings (SSSR count). The topological polar surface area (TPSA) is 92.9 Å². The van der Waals surface area contributed by atoms with Crippen LogP contribution in [0.3, 0.4) is 0 Å². The summed E-state index contributed by atoms with van der Waals surface area (Å²) in [6, 6.07) is 9.14. The Bertz CT molecular complexity index is 1040. The fourth-order valence-corrected chi connectivity index (χ4v) is 2.59. The third kappa shape index (κ3) is 4.93. The summed E-state index contributed by atoms with van der Waals surface area (Å²) in [5, 5.41) is 7.82. The lowest BCUT2D eigenvalue weighted by atomic mass is 10.2. The van der Waals surface area contributed by atoms with Crippen LogP contribution in [-0.2, 0) is 16.1 Å². The van der Waals surface area contributed by atoms with Crippen molar-refractivity contribution in [3.8, 4) is 28.7 Å². The van der Waals surface area contributed by atoms with Crippen molar-refractivity contribution in [3.05, 3.63) is 59.7 Å². The Morgan fingerprint density at radius 1 is 1.07 bits per heavy atom. The SMILES string of the molecule is COc1cc(-c2nnc(COC(=O)/C=C/c3cccc(F)c3)o2)cc(OC)c1OC. The Balaban J connectivity index is 1.67. The van der Waals surface area contributed by atoms with Crippen molar-refractivity contribution in [2.24, 2.45) is 0 Å². The second kappa shape index (κ2) is 9.55. The average molecular weight is 414 g/mol. The third-order valence-electron chi connectivity index (χ3n) is 3.98. The van der Waals surface area contributed by atoms with Crippen LogP contribution >= 0.6 is 0 Å². The van der Waals surface area contributed by atoms with E-state index >= 15 is 0 Å². The van der Waals surface area contributed by atoms with Gasteiger partial charge >= 0.3 is 5.97 Å². The van der Waals surface area contributed by atoms with Crippen LogP contribution in [0, 0.1) is 5.82 Å². The van der Waals surface area contributed by atoms with Gasteiger partial charge < -0.3 is 23.4 Å². The summed E-state index contributed by atoms with van der Waals surface area (Å²) in [5.41, 5.74) is 1.08. The number of hydrogen-bond donors (Lipinski definition) is 0. The molecule has 1 heterocycles. The van der Waals surface area contributed by atoms with Crippen molar-refractivity contribution in [1.82, 2.24) is 10.2 Å². The quantitative estimate of drug-likeness (QED) is 0.407. The number of nitrogens with zero attached hydrogens (tertiary/aromatic N) is 2. The van der Waals surface area contributed by atoms with Crippen LogP contribution < -0.4 is 14.2 Å². The maximum absolute atomic E-state index is 13.1. The van der Waals surface area contributed by atoms with Crippen LogP contribution in [0.15, 0.2) is 46.9 Å². The molecule has 2 aromatic carbocycles. The Hall–Kier alpha value is -3.88. The zero-order chi connectivity index (χ0) is 21.5. The number of halogens is 1. The van der Waals surface area contributed by atoms with E-state index in [0.29, 0.717) is 28.4 Å². The summed E-state index contributed by atoms with van der Waals surface area (Å²) in [4.78, 5) is 11.8. The normalized spacial score (nSPS) is 10.8. The smallest absolute Gasteiger partial charge is 0.331 e. The molecule has 0 unspecified atom stereocenters. The lowest BCUT2D eigenvalue weighted by Crippen LogP contribution is -2.00. The fraction of sp³-hybridized carbons (Fsp3) is 0.190. The van der Waals surface area contributed by atoms with Crippen LogP contribution in [-0.4, -0.2) is 37.5 Å². The summed E-state index contributed by atoms with van der Waals surface area (Å²) in [7, 11) is 4.50. The van der Waals surface area contributed by atoms with Gasteiger partial charge in [-0.15, -0.1) is 10.2 Å². The second-order valence-electron chi connectivity index (χ2n) is 5.91. The third-order valence-corrected chi connectivity index (χ3v) is 3.98. The first kappa shape index (κ1) is 20.8. The molecule has 0 N–H and O–H groups in total. The Labute approximate surface area is 171 Å². The number of esters is 1. The highest BCUT2D eigenvalue weighted by molar-refractivity contribution is 5.87. The zero-order valence-electron chi connectivity index (χ0n) is 16.5. The molecule has 0 radical (unpaired) electrons. The highest BCUT2D eigenvalue weighted by Gasteiger charge is 2.17. The molecule has 9 heteroatoms. The molecule has 0 bridgehead atoms. The summed E-state index contributed by atoms with van der Waals surface area (Å²) in [6.07, 6.45) is 2.63. The lowest BCUT2D eigenvalue weighted by Gasteiger charge is -2.12. The van der Waals surface area contributed by atoms with Crippen LogP contribution in [0.1, 0.15) is 11.5 Å². The predicted molar refractivity (Wildman–Crippen MR) is 105 cm³/mol. The van der Waals surface area contributed by atoms with Crippen LogP contribution in [0.25, 0.3) is 17.5 Å². The lowest BCUT2D eigenvalue weighted by molar-refractivity contribution is -0.139. The van der Waals surface area contributed by atoms with Gasteiger partial charge in [0.2, 0.25) is 11.6 Å². The maximum atomic E-state index is 13.1. The number of hydrogen-bond acceptors (Lipinski definition) is 8. The van der Waals surface area contributed by atoms with E-state index in [0.717, 1.165) is 0 Å². The van der Waals surface area contributed by atoms with E-state index in [4.69, 9.17) is 23.4 Å². The molecule has 0 saturated heterocycles. The Morgan fingerprint density at radius 3 is 2.43 bits per heavy atom. The number of rotatable bonds is 8. The molecule has 0 aliphatic carbocycles. The minimum absolute atomic E-state index is 0.103. The van der Waals surface area contributed by atoms with Crippen molar-refractivity contribution in [3.63, 3.8) is 0 Å². The number of carbonyl (C=O) groups excluding carboxylic acids is 1. The zero-order valence-corrected chi connectivity index (χ0v) is 16.5. The molecule has 8 nitrogen and oxygen atoms in total. The van der Waals surface area contributed by atoms with Gasteiger partial charge in [0, 0.05) is 11.6 Å². The van der Waals surface area contributed by atoms with Crippen molar-refractivity contribution in [1.29, 1.82) is 0 Å². The highest BCUT2D eigenvalue weighted by Crippen LogP contribution is 2.40. The summed E-state index contributed by atoms with van der Waals surface area (Å²) in [5.74, 6) is 0.563. The molecule has 0 saturated carbocycles. The molecule has 0 aliphatic heterocycles. The fourth-order valence-electron chi connectivity index (χ4n) is 2.59. The van der Waals surface area contributed by atoms with Gasteiger partial charge in [0.25, 0.3) is 5.89 Å². The monoisotopic (exact) mass is 414 g/mol. The molecule has 0 aliphatic rings. The van der Waals surface area contributed by atoms with Gasteiger partial charge in [0.1, 0.15) is 5.82 Å². The van der Waals surface area contributed by atoms with Crippen molar-refractivity contribution < 1.29 is 32.5 Å². The first-order valence-electron chi connectivity index (χ1n) is 8.77. The van der Waals surface area contributed by atoms with Crippen molar-refractivity contribution in [2.45, 2.75) is 6.61 Å². The standard InChI is InChI=1S/C21H19FN2O6/c1-26-16-10-14(11-17(27-2)20(16)28-3)21-24-23-18(30-21)12-29-19(25)8-7-13-5-4-6-15(22)9-13/h4-11H,12H2,1-3H3/b8-7+.